The molecule has 3 rings (SSSR count). The maximum atomic E-state index is 12.7. The number of rotatable bonds is 7. The third kappa shape index (κ3) is 4.62. The second-order valence-corrected chi connectivity index (χ2v) is 7.67. The number of aliphatic hydroxyl groups excluding tert-OH is 1. The summed E-state index contributed by atoms with van der Waals surface area (Å²) in [5.74, 6) is -0.821. The highest BCUT2D eigenvalue weighted by Crippen LogP contribution is 2.43. The number of fused-ring (bicyclic) bond motifs is 1. The molecule has 1 aliphatic heterocycles. The number of esters is 1. The van der Waals surface area contributed by atoms with Crippen molar-refractivity contribution in [2.75, 3.05) is 0 Å². The van der Waals surface area contributed by atoms with Gasteiger partial charge < -0.3 is 29.9 Å². The standard InChI is InChI=1S/C23H28O7/c1-3-5-13(6-4-2)23(28)30-21-11-15(24)10-20-16(21)12-19(27)22(29-20)14-7-8-17(25)18(26)9-14/h7-11,13,19,22,24-27H,3-6,12H2,1-2H3/t19-,22-/m0/s1. The molecule has 0 saturated carbocycles. The number of ether oxygens (including phenoxy) is 2. The van der Waals surface area contributed by atoms with Gasteiger partial charge in [-0.15, -0.1) is 0 Å². The number of hydrogen-bond acceptors (Lipinski definition) is 7. The Hall–Kier alpha value is -2.93. The molecule has 0 aromatic heterocycles. The van der Waals surface area contributed by atoms with E-state index in [-0.39, 0.29) is 41.3 Å². The predicted molar refractivity (Wildman–Crippen MR) is 110 cm³/mol. The molecule has 2 aromatic rings. The molecule has 0 spiro atoms. The van der Waals surface area contributed by atoms with Gasteiger partial charge in [0.1, 0.15) is 23.4 Å². The molecule has 0 radical (unpaired) electrons. The molecule has 30 heavy (non-hydrogen) atoms. The third-order valence-corrected chi connectivity index (χ3v) is 5.32. The first kappa shape index (κ1) is 21.8. The largest absolute Gasteiger partial charge is 0.508 e. The first-order valence-electron chi connectivity index (χ1n) is 10.3. The zero-order chi connectivity index (χ0) is 21.8. The van der Waals surface area contributed by atoms with Gasteiger partial charge in [0.15, 0.2) is 11.5 Å². The molecule has 0 bridgehead atoms. The molecule has 4 N–H and O–H groups in total. The van der Waals surface area contributed by atoms with Crippen molar-refractivity contribution in [3.63, 3.8) is 0 Å². The molecule has 1 aliphatic rings. The van der Waals surface area contributed by atoms with Crippen molar-refractivity contribution >= 4 is 5.97 Å². The first-order valence-corrected chi connectivity index (χ1v) is 10.3. The highest BCUT2D eigenvalue weighted by atomic mass is 16.5. The zero-order valence-corrected chi connectivity index (χ0v) is 17.2. The van der Waals surface area contributed by atoms with Crippen LogP contribution < -0.4 is 9.47 Å². The minimum absolute atomic E-state index is 0.122. The van der Waals surface area contributed by atoms with E-state index < -0.39 is 12.2 Å². The Balaban J connectivity index is 1.88. The van der Waals surface area contributed by atoms with Crippen molar-refractivity contribution in [3.8, 4) is 28.7 Å². The van der Waals surface area contributed by atoms with E-state index in [0.29, 0.717) is 16.9 Å². The van der Waals surface area contributed by atoms with Crippen LogP contribution in [0, 0.1) is 5.92 Å². The summed E-state index contributed by atoms with van der Waals surface area (Å²) < 4.78 is 11.5. The predicted octanol–water partition coefficient (Wildman–Crippen LogP) is 3.96. The summed E-state index contributed by atoms with van der Waals surface area (Å²) in [4.78, 5) is 12.7. The van der Waals surface area contributed by atoms with Crippen LogP contribution in [0.5, 0.6) is 28.7 Å². The molecule has 0 unspecified atom stereocenters. The normalized spacial score (nSPS) is 18.0. The van der Waals surface area contributed by atoms with E-state index in [1.807, 2.05) is 13.8 Å². The van der Waals surface area contributed by atoms with Crippen LogP contribution in [0.4, 0.5) is 0 Å². The molecule has 2 atom stereocenters. The number of aliphatic hydroxyl groups is 1. The van der Waals surface area contributed by atoms with Crippen LogP contribution in [0.2, 0.25) is 0 Å². The third-order valence-electron chi connectivity index (χ3n) is 5.32. The van der Waals surface area contributed by atoms with Crippen molar-refractivity contribution in [1.29, 1.82) is 0 Å². The lowest BCUT2D eigenvalue weighted by molar-refractivity contribution is -0.139. The average molecular weight is 416 g/mol. The average Bonchev–Trinajstić information content (AvgIpc) is 2.70. The molecule has 7 nitrogen and oxygen atoms in total. The second-order valence-electron chi connectivity index (χ2n) is 7.67. The molecule has 0 aliphatic carbocycles. The molecule has 162 valence electrons. The van der Waals surface area contributed by atoms with E-state index in [4.69, 9.17) is 9.47 Å². The Labute approximate surface area is 175 Å². The van der Waals surface area contributed by atoms with E-state index in [9.17, 15) is 25.2 Å². The Bertz CT molecular complexity index is 903. The van der Waals surface area contributed by atoms with E-state index in [0.717, 1.165) is 25.7 Å². The monoisotopic (exact) mass is 416 g/mol. The molecule has 0 amide bonds. The van der Waals surface area contributed by atoms with Crippen LogP contribution in [0.1, 0.15) is 56.8 Å². The van der Waals surface area contributed by atoms with Gasteiger partial charge in [0.05, 0.1) is 12.0 Å². The fraction of sp³-hybridized carbons (Fsp3) is 0.435. The summed E-state index contributed by atoms with van der Waals surface area (Å²) in [6, 6.07) is 6.93. The van der Waals surface area contributed by atoms with E-state index in [1.54, 1.807) is 0 Å². The van der Waals surface area contributed by atoms with E-state index in [2.05, 4.69) is 0 Å². The summed E-state index contributed by atoms with van der Waals surface area (Å²) in [5.41, 5.74) is 0.968. The first-order chi connectivity index (χ1) is 14.3. The number of phenolic OH excluding ortho intramolecular Hbond substituents is 3. The summed E-state index contributed by atoms with van der Waals surface area (Å²) in [5, 5.41) is 40.0. The second kappa shape index (κ2) is 9.26. The smallest absolute Gasteiger partial charge is 0.314 e. The molecule has 0 saturated heterocycles. The van der Waals surface area contributed by atoms with Crippen LogP contribution >= 0.6 is 0 Å². The fourth-order valence-corrected chi connectivity index (χ4v) is 3.81. The summed E-state index contributed by atoms with van der Waals surface area (Å²) >= 11 is 0. The van der Waals surface area contributed by atoms with Gasteiger partial charge in [-0.3, -0.25) is 4.79 Å². The summed E-state index contributed by atoms with van der Waals surface area (Å²) in [6.45, 7) is 4.02. The lowest BCUT2D eigenvalue weighted by Crippen LogP contribution is -2.31. The van der Waals surface area contributed by atoms with E-state index >= 15 is 0 Å². The minimum atomic E-state index is -0.981. The lowest BCUT2D eigenvalue weighted by Gasteiger charge is -2.32. The Morgan fingerprint density at radius 2 is 1.80 bits per heavy atom. The van der Waals surface area contributed by atoms with E-state index in [1.165, 1.54) is 30.3 Å². The fourth-order valence-electron chi connectivity index (χ4n) is 3.81. The maximum Gasteiger partial charge on any atom is 0.314 e. The highest BCUT2D eigenvalue weighted by molar-refractivity contribution is 5.76. The van der Waals surface area contributed by atoms with Gasteiger partial charge >= 0.3 is 5.97 Å². The van der Waals surface area contributed by atoms with Gasteiger partial charge in [-0.05, 0) is 30.5 Å². The number of hydrogen-bond donors (Lipinski definition) is 4. The molecule has 1 heterocycles. The molecular formula is C23H28O7. The maximum absolute atomic E-state index is 12.7. The SMILES string of the molecule is CCCC(CCC)C(=O)Oc1cc(O)cc2c1C[C@H](O)[C@H](c1ccc(O)c(O)c1)O2. The molecule has 2 aromatic carbocycles. The Morgan fingerprint density at radius 3 is 2.43 bits per heavy atom. The van der Waals surface area contributed by atoms with Gasteiger partial charge in [-0.1, -0.05) is 32.8 Å². The van der Waals surface area contributed by atoms with Crippen molar-refractivity contribution in [2.24, 2.45) is 5.92 Å². The van der Waals surface area contributed by atoms with Crippen LogP contribution in [0.25, 0.3) is 0 Å². The highest BCUT2D eigenvalue weighted by Gasteiger charge is 2.33. The Kier molecular flexibility index (Phi) is 6.72. The van der Waals surface area contributed by atoms with Crippen molar-refractivity contribution in [2.45, 2.75) is 58.2 Å². The van der Waals surface area contributed by atoms with Crippen molar-refractivity contribution in [3.05, 3.63) is 41.5 Å². The van der Waals surface area contributed by atoms with Crippen LogP contribution in [0.15, 0.2) is 30.3 Å². The van der Waals surface area contributed by atoms with Crippen LogP contribution in [-0.2, 0) is 11.2 Å². The number of benzene rings is 2. The number of carbonyl (C=O) groups excluding carboxylic acids is 1. The van der Waals surface area contributed by atoms with Crippen LogP contribution in [-0.4, -0.2) is 32.5 Å². The van der Waals surface area contributed by atoms with Crippen LogP contribution in [0.3, 0.4) is 0 Å². The molecular weight excluding hydrogens is 388 g/mol. The summed E-state index contributed by atoms with van der Waals surface area (Å²) in [6.07, 6.45) is 1.50. The van der Waals surface area contributed by atoms with Crippen molar-refractivity contribution < 1.29 is 34.7 Å². The minimum Gasteiger partial charge on any atom is -0.508 e. The van der Waals surface area contributed by atoms with Gasteiger partial charge in [0, 0.05) is 24.1 Å². The number of phenols is 3. The van der Waals surface area contributed by atoms with Crippen molar-refractivity contribution in [1.82, 2.24) is 0 Å². The number of carbonyl (C=O) groups is 1. The van der Waals surface area contributed by atoms with Gasteiger partial charge in [-0.2, -0.15) is 0 Å². The topological polar surface area (TPSA) is 116 Å². The van der Waals surface area contributed by atoms with Gasteiger partial charge in [0.2, 0.25) is 0 Å². The van der Waals surface area contributed by atoms with Gasteiger partial charge in [0.25, 0.3) is 0 Å². The molecule has 0 fully saturated rings. The lowest BCUT2D eigenvalue weighted by atomic mass is 9.93. The zero-order valence-electron chi connectivity index (χ0n) is 17.2. The quantitative estimate of drug-likeness (QED) is 0.307. The Morgan fingerprint density at radius 1 is 1.10 bits per heavy atom. The number of aromatic hydroxyl groups is 3. The van der Waals surface area contributed by atoms with Gasteiger partial charge in [-0.25, -0.2) is 0 Å². The molecule has 7 heteroatoms. The summed E-state index contributed by atoms with van der Waals surface area (Å²) in [7, 11) is 0.